The molecule has 9 heteroatoms. The summed E-state index contributed by atoms with van der Waals surface area (Å²) in [6.45, 7) is 4.79. The number of nitrogens with zero attached hydrogens (tertiary/aromatic N) is 2. The number of para-hydroxylation sites is 1. The number of nitro benzene ring substituents is 1. The second-order valence-electron chi connectivity index (χ2n) is 6.31. The molecule has 0 saturated heterocycles. The number of hydrogen-bond donors (Lipinski definition) is 1. The highest BCUT2D eigenvalue weighted by molar-refractivity contribution is 7.92. The van der Waals surface area contributed by atoms with Crippen LogP contribution in [-0.4, -0.2) is 32.0 Å². The highest BCUT2D eigenvalue weighted by atomic mass is 32.2. The van der Waals surface area contributed by atoms with Crippen molar-refractivity contribution >= 4 is 33.0 Å². The van der Waals surface area contributed by atoms with E-state index < -0.39 is 27.4 Å². The van der Waals surface area contributed by atoms with Gasteiger partial charge < -0.3 is 5.32 Å². The van der Waals surface area contributed by atoms with Gasteiger partial charge >= 0.3 is 0 Å². The normalized spacial score (nSPS) is 11.1. The van der Waals surface area contributed by atoms with Gasteiger partial charge in [0.15, 0.2) is 0 Å². The molecule has 0 spiro atoms. The maximum absolute atomic E-state index is 12.5. The number of carbonyl (C=O) groups is 1. The van der Waals surface area contributed by atoms with Crippen LogP contribution in [0.4, 0.5) is 17.1 Å². The van der Waals surface area contributed by atoms with Gasteiger partial charge in [0.1, 0.15) is 6.54 Å². The first-order valence-electron chi connectivity index (χ1n) is 8.09. The number of rotatable bonds is 6. The van der Waals surface area contributed by atoms with Crippen LogP contribution in [0.15, 0.2) is 36.4 Å². The lowest BCUT2D eigenvalue weighted by atomic mass is 10.1. The molecule has 0 fully saturated rings. The number of hydrogen-bond acceptors (Lipinski definition) is 5. The molecule has 8 nitrogen and oxygen atoms in total. The summed E-state index contributed by atoms with van der Waals surface area (Å²) in [5.74, 6) is -0.591. The fraction of sp³-hybridized carbons (Fsp3) is 0.278. The van der Waals surface area contributed by atoms with Crippen molar-refractivity contribution in [3.63, 3.8) is 0 Å². The van der Waals surface area contributed by atoms with Crippen molar-refractivity contribution in [2.75, 3.05) is 22.4 Å². The lowest BCUT2D eigenvalue weighted by molar-refractivity contribution is -0.384. The largest absolute Gasteiger partial charge is 0.324 e. The molecule has 1 N–H and O–H groups in total. The first-order valence-corrected chi connectivity index (χ1v) is 9.94. The topological polar surface area (TPSA) is 110 Å². The third-order valence-corrected chi connectivity index (χ3v) is 5.19. The van der Waals surface area contributed by atoms with Crippen molar-refractivity contribution in [1.29, 1.82) is 0 Å². The number of carbonyl (C=O) groups excluding carboxylic acids is 1. The molecule has 0 aliphatic carbocycles. The molecule has 1 amide bonds. The van der Waals surface area contributed by atoms with Crippen LogP contribution < -0.4 is 9.62 Å². The Kier molecular flexibility index (Phi) is 5.85. The molecule has 0 unspecified atom stereocenters. The van der Waals surface area contributed by atoms with Crippen molar-refractivity contribution in [3.8, 4) is 0 Å². The van der Waals surface area contributed by atoms with Crippen molar-refractivity contribution < 1.29 is 18.1 Å². The number of benzene rings is 2. The lowest BCUT2D eigenvalue weighted by Crippen LogP contribution is -2.38. The van der Waals surface area contributed by atoms with E-state index in [-0.39, 0.29) is 11.4 Å². The van der Waals surface area contributed by atoms with Crippen molar-refractivity contribution in [3.05, 3.63) is 63.2 Å². The van der Waals surface area contributed by atoms with Gasteiger partial charge in [0, 0.05) is 12.1 Å². The van der Waals surface area contributed by atoms with Crippen LogP contribution in [0.2, 0.25) is 0 Å². The highest BCUT2D eigenvalue weighted by Crippen LogP contribution is 2.27. The van der Waals surface area contributed by atoms with Crippen LogP contribution in [0.1, 0.15) is 16.7 Å². The second kappa shape index (κ2) is 7.75. The van der Waals surface area contributed by atoms with Crippen LogP contribution in [0.5, 0.6) is 0 Å². The molecule has 2 aromatic rings. The minimum absolute atomic E-state index is 0.161. The molecule has 0 atom stereocenters. The molecule has 27 heavy (non-hydrogen) atoms. The van der Waals surface area contributed by atoms with Gasteiger partial charge in [-0.2, -0.15) is 0 Å². The van der Waals surface area contributed by atoms with Crippen molar-refractivity contribution in [1.82, 2.24) is 0 Å². The molecular weight excluding hydrogens is 370 g/mol. The minimum atomic E-state index is -3.72. The highest BCUT2D eigenvalue weighted by Gasteiger charge is 2.24. The molecule has 0 saturated carbocycles. The number of aryl methyl sites for hydroxylation is 3. The lowest BCUT2D eigenvalue weighted by Gasteiger charge is -2.25. The summed E-state index contributed by atoms with van der Waals surface area (Å²) in [7, 11) is -3.72. The summed E-state index contributed by atoms with van der Waals surface area (Å²) in [6.07, 6.45) is 1.03. The molecular formula is C18H21N3O5S. The Morgan fingerprint density at radius 3 is 2.22 bits per heavy atom. The number of sulfonamides is 1. The Morgan fingerprint density at radius 1 is 1.11 bits per heavy atom. The molecule has 144 valence electrons. The van der Waals surface area contributed by atoms with Crippen LogP contribution in [0.3, 0.4) is 0 Å². The van der Waals surface area contributed by atoms with E-state index in [1.165, 1.54) is 18.2 Å². The fourth-order valence-corrected chi connectivity index (χ4v) is 3.71. The monoisotopic (exact) mass is 391 g/mol. The molecule has 0 aliphatic heterocycles. The summed E-state index contributed by atoms with van der Waals surface area (Å²) in [5, 5.41) is 13.5. The van der Waals surface area contributed by atoms with Crippen LogP contribution in [0, 0.1) is 30.9 Å². The maximum atomic E-state index is 12.5. The van der Waals surface area contributed by atoms with Gasteiger partial charge in [-0.3, -0.25) is 19.2 Å². The Balaban J connectivity index is 2.34. The van der Waals surface area contributed by atoms with Gasteiger partial charge in [0.2, 0.25) is 15.9 Å². The summed E-state index contributed by atoms with van der Waals surface area (Å²) >= 11 is 0. The molecule has 0 bridgehead atoms. The third kappa shape index (κ3) is 4.82. The summed E-state index contributed by atoms with van der Waals surface area (Å²) in [6, 6.07) is 9.45. The summed E-state index contributed by atoms with van der Waals surface area (Å²) in [5.41, 5.74) is 2.63. The summed E-state index contributed by atoms with van der Waals surface area (Å²) in [4.78, 5) is 22.9. The Bertz CT molecular complexity index is 982. The predicted octanol–water partition coefficient (Wildman–Crippen LogP) is 2.92. The number of amides is 1. The Labute approximate surface area is 158 Å². The van der Waals surface area contributed by atoms with Crippen LogP contribution in [0.25, 0.3) is 0 Å². The van der Waals surface area contributed by atoms with Gasteiger partial charge in [-0.15, -0.1) is 0 Å². The van der Waals surface area contributed by atoms with E-state index in [1.807, 2.05) is 0 Å². The minimum Gasteiger partial charge on any atom is -0.324 e. The first kappa shape index (κ1) is 20.4. The Morgan fingerprint density at radius 2 is 1.70 bits per heavy atom. The number of anilines is 2. The molecule has 0 radical (unpaired) electrons. The van der Waals surface area contributed by atoms with E-state index in [0.29, 0.717) is 11.3 Å². The van der Waals surface area contributed by atoms with Gasteiger partial charge in [-0.25, -0.2) is 8.42 Å². The summed E-state index contributed by atoms with van der Waals surface area (Å²) < 4.78 is 25.6. The quantitative estimate of drug-likeness (QED) is 0.601. The van der Waals surface area contributed by atoms with Crippen molar-refractivity contribution in [2.45, 2.75) is 20.8 Å². The predicted molar refractivity (Wildman–Crippen MR) is 105 cm³/mol. The molecule has 0 aromatic heterocycles. The first-order chi connectivity index (χ1) is 12.5. The zero-order valence-electron chi connectivity index (χ0n) is 15.5. The second-order valence-corrected chi connectivity index (χ2v) is 8.22. The zero-order valence-corrected chi connectivity index (χ0v) is 16.3. The average Bonchev–Trinajstić information content (AvgIpc) is 2.54. The van der Waals surface area contributed by atoms with E-state index in [9.17, 15) is 23.3 Å². The van der Waals surface area contributed by atoms with Crippen LogP contribution >= 0.6 is 0 Å². The fourth-order valence-electron chi connectivity index (χ4n) is 2.74. The average molecular weight is 391 g/mol. The van der Waals surface area contributed by atoms with E-state index in [2.05, 4.69) is 5.32 Å². The number of nitrogens with one attached hydrogen (secondary N) is 1. The molecule has 0 heterocycles. The molecule has 0 aliphatic rings. The molecule has 2 aromatic carbocycles. The maximum Gasteiger partial charge on any atom is 0.271 e. The number of nitro groups is 1. The SMILES string of the molecule is Cc1ccc([N+](=O)[O-])cc1NC(=O)CN(c1c(C)cccc1C)S(C)(=O)=O. The van der Waals surface area contributed by atoms with E-state index >= 15 is 0 Å². The van der Waals surface area contributed by atoms with Crippen LogP contribution in [-0.2, 0) is 14.8 Å². The van der Waals surface area contributed by atoms with Gasteiger partial charge in [0.05, 0.1) is 22.6 Å². The smallest absolute Gasteiger partial charge is 0.271 e. The van der Waals surface area contributed by atoms with E-state index in [0.717, 1.165) is 21.7 Å². The van der Waals surface area contributed by atoms with Gasteiger partial charge in [0.25, 0.3) is 5.69 Å². The standard InChI is InChI=1S/C18H21N3O5S/c1-12-8-9-15(21(23)24)10-16(12)19-17(22)11-20(27(4,25)26)18-13(2)6-5-7-14(18)3/h5-10H,11H2,1-4H3,(H,19,22). The van der Waals surface area contributed by atoms with E-state index in [4.69, 9.17) is 0 Å². The Hall–Kier alpha value is -2.94. The zero-order chi connectivity index (χ0) is 20.4. The van der Waals surface area contributed by atoms with Gasteiger partial charge in [-0.05, 0) is 37.5 Å². The van der Waals surface area contributed by atoms with Crippen molar-refractivity contribution in [2.24, 2.45) is 0 Å². The number of non-ortho nitro benzene ring substituents is 1. The van der Waals surface area contributed by atoms with Gasteiger partial charge in [-0.1, -0.05) is 24.3 Å². The third-order valence-electron chi connectivity index (χ3n) is 4.08. The molecule has 2 rings (SSSR count). The van der Waals surface area contributed by atoms with E-state index in [1.54, 1.807) is 39.0 Å².